The number of hydrogen-bond acceptors (Lipinski definition) is 4. The highest BCUT2D eigenvalue weighted by Crippen LogP contribution is 2.44. The fraction of sp³-hybridized carbons (Fsp3) is 0.520. The third-order valence-corrected chi connectivity index (χ3v) is 8.01. The van der Waals surface area contributed by atoms with E-state index in [1.807, 2.05) is 4.90 Å². The first-order valence-electron chi connectivity index (χ1n) is 11.3. The van der Waals surface area contributed by atoms with Crippen molar-refractivity contribution in [1.29, 1.82) is 0 Å². The lowest BCUT2D eigenvalue weighted by Crippen LogP contribution is -2.47. The fourth-order valence-corrected chi connectivity index (χ4v) is 5.94. The lowest BCUT2D eigenvalue weighted by molar-refractivity contribution is 0.0664. The van der Waals surface area contributed by atoms with E-state index in [4.69, 9.17) is 0 Å². The first-order valence-corrected chi connectivity index (χ1v) is 12.1. The number of carbonyl (C=O) groups is 2. The molecule has 32 heavy (non-hydrogen) atoms. The van der Waals surface area contributed by atoms with Gasteiger partial charge in [-0.1, -0.05) is 32.9 Å². The summed E-state index contributed by atoms with van der Waals surface area (Å²) in [6.45, 7) is 9.78. The summed E-state index contributed by atoms with van der Waals surface area (Å²) in [5.74, 6) is -0.573. The van der Waals surface area contributed by atoms with Crippen molar-refractivity contribution < 1.29 is 14.0 Å². The average Bonchev–Trinajstić information content (AvgIpc) is 3.10. The number of likely N-dealkylation sites (N-methyl/N-ethyl adjacent to an activating group) is 1. The number of rotatable bonds is 3. The number of hydrogen-bond donors (Lipinski definition) is 1. The van der Waals surface area contributed by atoms with Crippen LogP contribution in [0.4, 0.5) is 9.39 Å². The van der Waals surface area contributed by atoms with Crippen LogP contribution in [0.3, 0.4) is 0 Å². The van der Waals surface area contributed by atoms with Gasteiger partial charge in [0.05, 0.1) is 11.1 Å². The molecule has 4 rings (SSSR count). The van der Waals surface area contributed by atoms with E-state index in [0.29, 0.717) is 29.6 Å². The second kappa shape index (κ2) is 8.94. The molecule has 1 aromatic carbocycles. The zero-order valence-electron chi connectivity index (χ0n) is 19.3. The van der Waals surface area contributed by atoms with Crippen molar-refractivity contribution in [2.45, 2.75) is 40.0 Å². The Balaban J connectivity index is 1.68. The molecule has 0 spiro atoms. The van der Waals surface area contributed by atoms with Crippen LogP contribution in [-0.2, 0) is 12.8 Å². The van der Waals surface area contributed by atoms with Gasteiger partial charge in [-0.05, 0) is 55.3 Å². The standard InChI is InChI=1S/C25H32FN3O2S/c1-25(2,3)16-9-10-18-20(15-16)32-23(27-22(30)17-7-5-6-8-19(17)26)21(18)24(31)29-13-11-28(4)12-14-29/h5-8,16H,9-15H2,1-4H3,(H,27,30). The molecule has 1 atom stereocenters. The van der Waals surface area contributed by atoms with Crippen LogP contribution in [-0.4, -0.2) is 54.8 Å². The second-order valence-corrected chi connectivity index (χ2v) is 11.1. The molecular formula is C25H32FN3O2S. The second-order valence-electron chi connectivity index (χ2n) is 10.0. The predicted octanol–water partition coefficient (Wildman–Crippen LogP) is 4.68. The fourth-order valence-electron chi connectivity index (χ4n) is 4.62. The number of benzene rings is 1. The molecule has 0 bridgehead atoms. The maximum absolute atomic E-state index is 14.2. The maximum atomic E-state index is 14.2. The minimum absolute atomic E-state index is 0.00978. The Kier molecular flexibility index (Phi) is 6.41. The Hall–Kier alpha value is -2.25. The minimum Gasteiger partial charge on any atom is -0.336 e. The number of nitrogens with zero attached hydrogens (tertiary/aromatic N) is 2. The van der Waals surface area contributed by atoms with Crippen LogP contribution in [0.1, 0.15) is 58.3 Å². The van der Waals surface area contributed by atoms with Crippen LogP contribution in [0.2, 0.25) is 0 Å². The van der Waals surface area contributed by atoms with Crippen LogP contribution >= 0.6 is 11.3 Å². The van der Waals surface area contributed by atoms with Crippen molar-refractivity contribution in [2.75, 3.05) is 38.5 Å². The third kappa shape index (κ3) is 4.59. The van der Waals surface area contributed by atoms with Crippen molar-refractivity contribution in [3.8, 4) is 0 Å². The van der Waals surface area contributed by atoms with Gasteiger partial charge in [0.25, 0.3) is 11.8 Å². The average molecular weight is 458 g/mol. The zero-order valence-corrected chi connectivity index (χ0v) is 20.2. The van der Waals surface area contributed by atoms with E-state index >= 15 is 0 Å². The minimum atomic E-state index is -0.564. The molecule has 1 N–H and O–H groups in total. The summed E-state index contributed by atoms with van der Waals surface area (Å²) in [6, 6.07) is 5.95. The highest BCUT2D eigenvalue weighted by molar-refractivity contribution is 7.17. The van der Waals surface area contributed by atoms with Gasteiger partial charge in [-0.25, -0.2) is 4.39 Å². The lowest BCUT2D eigenvalue weighted by Gasteiger charge is -2.35. The lowest BCUT2D eigenvalue weighted by atomic mass is 9.72. The molecular weight excluding hydrogens is 425 g/mol. The summed E-state index contributed by atoms with van der Waals surface area (Å²) in [4.78, 5) is 31.8. The first kappa shape index (κ1) is 22.9. The maximum Gasteiger partial charge on any atom is 0.259 e. The summed E-state index contributed by atoms with van der Waals surface area (Å²) in [6.07, 6.45) is 2.76. The van der Waals surface area contributed by atoms with Crippen LogP contribution in [0.5, 0.6) is 0 Å². The molecule has 2 aromatic rings. The van der Waals surface area contributed by atoms with E-state index in [9.17, 15) is 14.0 Å². The molecule has 1 aliphatic heterocycles. The molecule has 1 fully saturated rings. The summed E-state index contributed by atoms with van der Waals surface area (Å²) in [5.41, 5.74) is 1.86. The largest absolute Gasteiger partial charge is 0.336 e. The number of amides is 2. The Labute approximate surface area is 193 Å². The summed E-state index contributed by atoms with van der Waals surface area (Å²) in [5, 5.41) is 3.45. The molecule has 172 valence electrons. The zero-order chi connectivity index (χ0) is 23.0. The van der Waals surface area contributed by atoms with Crippen LogP contribution in [0.15, 0.2) is 24.3 Å². The summed E-state index contributed by atoms with van der Waals surface area (Å²) >= 11 is 1.49. The van der Waals surface area contributed by atoms with Gasteiger partial charge in [0.1, 0.15) is 10.8 Å². The molecule has 1 aromatic heterocycles. The van der Waals surface area contributed by atoms with Gasteiger partial charge in [-0.2, -0.15) is 0 Å². The Morgan fingerprint density at radius 3 is 2.47 bits per heavy atom. The summed E-state index contributed by atoms with van der Waals surface area (Å²) in [7, 11) is 2.06. The van der Waals surface area contributed by atoms with Gasteiger partial charge in [0, 0.05) is 31.1 Å². The quantitative estimate of drug-likeness (QED) is 0.728. The Bertz CT molecular complexity index is 1020. The van der Waals surface area contributed by atoms with Gasteiger partial charge in [-0.15, -0.1) is 11.3 Å². The van der Waals surface area contributed by atoms with Crippen molar-refractivity contribution in [3.63, 3.8) is 0 Å². The van der Waals surface area contributed by atoms with Crippen molar-refractivity contribution in [3.05, 3.63) is 51.7 Å². The number of thiophene rings is 1. The van der Waals surface area contributed by atoms with E-state index in [1.165, 1.54) is 28.3 Å². The highest BCUT2D eigenvalue weighted by Gasteiger charge is 2.35. The molecule has 0 radical (unpaired) electrons. The smallest absolute Gasteiger partial charge is 0.259 e. The van der Waals surface area contributed by atoms with Gasteiger partial charge < -0.3 is 15.1 Å². The van der Waals surface area contributed by atoms with E-state index in [2.05, 4.69) is 38.0 Å². The predicted molar refractivity (Wildman–Crippen MR) is 127 cm³/mol. The van der Waals surface area contributed by atoms with Crippen molar-refractivity contribution >= 4 is 28.2 Å². The number of fused-ring (bicyclic) bond motifs is 1. The molecule has 2 heterocycles. The van der Waals surface area contributed by atoms with Crippen LogP contribution in [0.25, 0.3) is 0 Å². The van der Waals surface area contributed by atoms with Crippen LogP contribution < -0.4 is 5.32 Å². The van der Waals surface area contributed by atoms with Crippen molar-refractivity contribution in [1.82, 2.24) is 9.80 Å². The molecule has 2 amide bonds. The number of halogens is 1. The van der Waals surface area contributed by atoms with E-state index < -0.39 is 11.7 Å². The van der Waals surface area contributed by atoms with E-state index in [-0.39, 0.29) is 16.9 Å². The summed E-state index contributed by atoms with van der Waals surface area (Å²) < 4.78 is 14.2. The molecule has 1 aliphatic carbocycles. The normalized spacial score (nSPS) is 19.5. The topological polar surface area (TPSA) is 52.6 Å². The Morgan fingerprint density at radius 1 is 1.12 bits per heavy atom. The number of carbonyl (C=O) groups excluding carboxylic acids is 2. The van der Waals surface area contributed by atoms with Gasteiger partial charge in [0.2, 0.25) is 0 Å². The van der Waals surface area contributed by atoms with E-state index in [1.54, 1.807) is 12.1 Å². The first-order chi connectivity index (χ1) is 15.1. The molecule has 0 saturated carbocycles. The van der Waals surface area contributed by atoms with E-state index in [0.717, 1.165) is 37.9 Å². The van der Waals surface area contributed by atoms with Gasteiger partial charge >= 0.3 is 0 Å². The SMILES string of the molecule is CN1CCN(C(=O)c2c(NC(=O)c3ccccc3F)sc3c2CCC(C(C)(C)C)C3)CC1. The number of anilines is 1. The molecule has 5 nitrogen and oxygen atoms in total. The molecule has 1 saturated heterocycles. The Morgan fingerprint density at radius 2 is 1.81 bits per heavy atom. The molecule has 7 heteroatoms. The number of piperazine rings is 1. The van der Waals surface area contributed by atoms with Crippen LogP contribution in [0, 0.1) is 17.2 Å². The van der Waals surface area contributed by atoms with Gasteiger partial charge in [-0.3, -0.25) is 9.59 Å². The molecule has 1 unspecified atom stereocenters. The monoisotopic (exact) mass is 457 g/mol. The van der Waals surface area contributed by atoms with Crippen molar-refractivity contribution in [2.24, 2.45) is 11.3 Å². The highest BCUT2D eigenvalue weighted by atomic mass is 32.1. The molecule has 2 aliphatic rings. The van der Waals surface area contributed by atoms with Gasteiger partial charge in [0.15, 0.2) is 0 Å². The third-order valence-electron chi connectivity index (χ3n) is 6.84. The number of nitrogens with one attached hydrogen (secondary N) is 1.